The van der Waals surface area contributed by atoms with Gasteiger partial charge in [-0.05, 0) is 30.3 Å². The molecule has 138 valence electrons. The second kappa shape index (κ2) is 8.92. The molecule has 27 heavy (non-hydrogen) atoms. The highest BCUT2D eigenvalue weighted by molar-refractivity contribution is 5.63. The maximum absolute atomic E-state index is 12.3. The van der Waals surface area contributed by atoms with Crippen LogP contribution in [0.25, 0.3) is 22.8 Å². The Kier molecular flexibility index (Phi) is 6.13. The van der Waals surface area contributed by atoms with Gasteiger partial charge in [0.1, 0.15) is 25.1 Å². The van der Waals surface area contributed by atoms with Gasteiger partial charge in [0.2, 0.25) is 5.82 Å². The van der Waals surface area contributed by atoms with E-state index in [9.17, 15) is 9.65 Å². The van der Waals surface area contributed by atoms with Gasteiger partial charge in [-0.3, -0.25) is 0 Å². The van der Waals surface area contributed by atoms with Gasteiger partial charge in [-0.15, -0.1) is 0 Å². The van der Waals surface area contributed by atoms with E-state index in [0.717, 1.165) is 18.7 Å². The summed E-state index contributed by atoms with van der Waals surface area (Å²) >= 11 is 0. The van der Waals surface area contributed by atoms with E-state index in [-0.39, 0.29) is 12.2 Å². The van der Waals surface area contributed by atoms with Gasteiger partial charge in [0.25, 0.3) is 5.89 Å². The standard InChI is InChI=1S/C20H19FN4O2/c1-2-23-13-14-3-5-15(6-4-14)19-24-20(27-25-19)16-7-8-18(26-10-9-21)17(11-16)12-22/h3-8,11,23H,2,9-10,13H2,1H3. The van der Waals surface area contributed by atoms with Crippen LogP contribution in [0, 0.1) is 11.3 Å². The first kappa shape index (κ1) is 18.5. The average molecular weight is 366 g/mol. The van der Waals surface area contributed by atoms with Crippen LogP contribution in [-0.2, 0) is 6.54 Å². The summed E-state index contributed by atoms with van der Waals surface area (Å²) in [7, 11) is 0. The molecule has 3 aromatic rings. The lowest BCUT2D eigenvalue weighted by Gasteiger charge is -2.06. The van der Waals surface area contributed by atoms with E-state index in [1.165, 1.54) is 5.56 Å². The summed E-state index contributed by atoms with van der Waals surface area (Å²) in [6, 6.07) is 14.8. The predicted octanol–water partition coefficient (Wildman–Crippen LogP) is 3.73. The van der Waals surface area contributed by atoms with Gasteiger partial charge in [0, 0.05) is 17.7 Å². The first-order valence-corrected chi connectivity index (χ1v) is 8.62. The Morgan fingerprint density at radius 1 is 1.19 bits per heavy atom. The van der Waals surface area contributed by atoms with Crippen LogP contribution in [0.4, 0.5) is 4.39 Å². The molecule has 0 amide bonds. The molecule has 0 aliphatic heterocycles. The molecule has 7 heteroatoms. The van der Waals surface area contributed by atoms with E-state index in [2.05, 4.69) is 22.4 Å². The number of nitrogens with zero attached hydrogens (tertiary/aromatic N) is 3. The van der Waals surface area contributed by atoms with E-state index < -0.39 is 6.67 Å². The molecule has 2 aromatic carbocycles. The molecular formula is C20H19FN4O2. The van der Waals surface area contributed by atoms with Crippen LogP contribution >= 0.6 is 0 Å². The summed E-state index contributed by atoms with van der Waals surface area (Å²) in [6.45, 7) is 3.07. The van der Waals surface area contributed by atoms with E-state index in [1.54, 1.807) is 18.2 Å². The van der Waals surface area contributed by atoms with E-state index in [0.29, 0.717) is 23.0 Å². The molecule has 0 saturated heterocycles. The molecule has 1 aromatic heterocycles. The normalized spacial score (nSPS) is 10.6. The molecule has 3 rings (SSSR count). The van der Waals surface area contributed by atoms with Gasteiger partial charge in [-0.25, -0.2) is 4.39 Å². The van der Waals surface area contributed by atoms with Crippen LogP contribution in [-0.4, -0.2) is 30.0 Å². The number of aromatic nitrogens is 2. The van der Waals surface area contributed by atoms with Crippen LogP contribution in [0.15, 0.2) is 47.0 Å². The van der Waals surface area contributed by atoms with Gasteiger partial charge < -0.3 is 14.6 Å². The van der Waals surface area contributed by atoms with Crippen LogP contribution in [0.5, 0.6) is 5.75 Å². The Morgan fingerprint density at radius 3 is 2.67 bits per heavy atom. The first-order valence-electron chi connectivity index (χ1n) is 8.62. The molecule has 1 heterocycles. The van der Waals surface area contributed by atoms with Crippen LogP contribution < -0.4 is 10.1 Å². The minimum atomic E-state index is -0.618. The Balaban J connectivity index is 1.80. The van der Waals surface area contributed by atoms with Gasteiger partial charge in [0.15, 0.2) is 0 Å². The monoisotopic (exact) mass is 366 g/mol. The Bertz CT molecular complexity index is 932. The molecular weight excluding hydrogens is 347 g/mol. The Hall–Kier alpha value is -3.24. The average Bonchev–Trinajstić information content (AvgIpc) is 3.21. The number of rotatable bonds is 8. The minimum Gasteiger partial charge on any atom is -0.489 e. The second-order valence-corrected chi connectivity index (χ2v) is 5.76. The zero-order valence-corrected chi connectivity index (χ0v) is 14.9. The van der Waals surface area contributed by atoms with Crippen LogP contribution in [0.1, 0.15) is 18.1 Å². The fourth-order valence-electron chi connectivity index (χ4n) is 2.52. The number of halogens is 1. The zero-order valence-electron chi connectivity index (χ0n) is 14.9. The number of nitriles is 1. The molecule has 0 atom stereocenters. The molecule has 0 bridgehead atoms. The number of hydrogen-bond acceptors (Lipinski definition) is 6. The van der Waals surface area contributed by atoms with Crippen molar-refractivity contribution in [3.63, 3.8) is 0 Å². The highest BCUT2D eigenvalue weighted by Gasteiger charge is 2.13. The van der Waals surface area contributed by atoms with Gasteiger partial charge in [0.05, 0.1) is 5.56 Å². The molecule has 0 radical (unpaired) electrons. The Labute approximate surface area is 156 Å². The van der Waals surface area contributed by atoms with Gasteiger partial charge >= 0.3 is 0 Å². The van der Waals surface area contributed by atoms with Crippen molar-refractivity contribution in [3.05, 3.63) is 53.6 Å². The number of hydrogen-bond donors (Lipinski definition) is 1. The predicted molar refractivity (Wildman–Crippen MR) is 98.7 cm³/mol. The fourth-order valence-corrected chi connectivity index (χ4v) is 2.52. The van der Waals surface area contributed by atoms with E-state index in [1.807, 2.05) is 30.3 Å². The van der Waals surface area contributed by atoms with E-state index in [4.69, 9.17) is 9.26 Å². The summed E-state index contributed by atoms with van der Waals surface area (Å²) in [5, 5.41) is 16.6. The lowest BCUT2D eigenvalue weighted by molar-refractivity contribution is 0.272. The number of nitrogens with one attached hydrogen (secondary N) is 1. The topological polar surface area (TPSA) is 84.0 Å². The maximum atomic E-state index is 12.3. The molecule has 0 spiro atoms. The molecule has 0 aliphatic carbocycles. The smallest absolute Gasteiger partial charge is 0.258 e. The summed E-state index contributed by atoms with van der Waals surface area (Å²) in [5.41, 5.74) is 2.90. The molecule has 0 unspecified atom stereocenters. The van der Waals surface area contributed by atoms with Crippen molar-refractivity contribution in [2.75, 3.05) is 19.8 Å². The van der Waals surface area contributed by atoms with Gasteiger partial charge in [-0.2, -0.15) is 10.2 Å². The molecule has 6 nitrogen and oxygen atoms in total. The third kappa shape index (κ3) is 4.49. The van der Waals surface area contributed by atoms with Crippen molar-refractivity contribution in [1.82, 2.24) is 15.5 Å². The third-order valence-corrected chi connectivity index (χ3v) is 3.90. The molecule has 0 saturated carbocycles. The highest BCUT2D eigenvalue weighted by Crippen LogP contribution is 2.27. The third-order valence-electron chi connectivity index (χ3n) is 3.90. The lowest BCUT2D eigenvalue weighted by atomic mass is 10.1. The maximum Gasteiger partial charge on any atom is 0.258 e. The summed E-state index contributed by atoms with van der Waals surface area (Å²) < 4.78 is 22.8. The zero-order chi connectivity index (χ0) is 19.1. The SMILES string of the molecule is CCNCc1ccc(-c2noc(-c3ccc(OCCF)c(C#N)c3)n2)cc1. The molecule has 1 N–H and O–H groups in total. The lowest BCUT2D eigenvalue weighted by Crippen LogP contribution is -2.11. The first-order chi connectivity index (χ1) is 13.2. The van der Waals surface area contributed by atoms with E-state index >= 15 is 0 Å². The second-order valence-electron chi connectivity index (χ2n) is 5.76. The van der Waals surface area contributed by atoms with Crippen LogP contribution in [0.2, 0.25) is 0 Å². The summed E-state index contributed by atoms with van der Waals surface area (Å²) in [5.74, 6) is 1.10. The highest BCUT2D eigenvalue weighted by atomic mass is 19.1. The van der Waals surface area contributed by atoms with Crippen molar-refractivity contribution >= 4 is 0 Å². The van der Waals surface area contributed by atoms with Crippen molar-refractivity contribution in [1.29, 1.82) is 5.26 Å². The van der Waals surface area contributed by atoms with Crippen molar-refractivity contribution in [2.45, 2.75) is 13.5 Å². The summed E-state index contributed by atoms with van der Waals surface area (Å²) in [6.07, 6.45) is 0. The van der Waals surface area contributed by atoms with Crippen LogP contribution in [0.3, 0.4) is 0 Å². The fraction of sp³-hybridized carbons (Fsp3) is 0.250. The molecule has 0 aliphatic rings. The molecule has 0 fully saturated rings. The largest absolute Gasteiger partial charge is 0.489 e. The number of benzene rings is 2. The van der Waals surface area contributed by atoms with Crippen molar-refractivity contribution in [2.24, 2.45) is 0 Å². The quantitative estimate of drug-likeness (QED) is 0.654. The van der Waals surface area contributed by atoms with Gasteiger partial charge in [-0.1, -0.05) is 36.3 Å². The van der Waals surface area contributed by atoms with Crippen molar-refractivity contribution in [3.8, 4) is 34.7 Å². The Morgan fingerprint density at radius 2 is 1.96 bits per heavy atom. The minimum absolute atomic E-state index is 0.0947. The summed E-state index contributed by atoms with van der Waals surface area (Å²) in [4.78, 5) is 4.41. The number of alkyl halides is 1. The van der Waals surface area contributed by atoms with Crippen molar-refractivity contribution < 1.29 is 13.7 Å². The number of ether oxygens (including phenoxy) is 1.